The number of rotatable bonds is 4. The van der Waals surface area contributed by atoms with Gasteiger partial charge in [0.2, 0.25) is 0 Å². The van der Waals surface area contributed by atoms with E-state index >= 15 is 0 Å². The molecule has 0 spiro atoms. The first-order valence-electron chi connectivity index (χ1n) is 7.04. The fourth-order valence-corrected chi connectivity index (χ4v) is 2.33. The SMILES string of the molecule is Cn1nc(-c2ccccc2)nc1-c1ccc(CCN)cc1. The van der Waals surface area contributed by atoms with Crippen LogP contribution in [-0.4, -0.2) is 21.3 Å². The Hall–Kier alpha value is -2.46. The summed E-state index contributed by atoms with van der Waals surface area (Å²) < 4.78 is 1.82. The van der Waals surface area contributed by atoms with Crippen molar-refractivity contribution in [3.05, 3.63) is 60.2 Å². The highest BCUT2D eigenvalue weighted by atomic mass is 15.3. The van der Waals surface area contributed by atoms with Crippen molar-refractivity contribution in [2.75, 3.05) is 6.54 Å². The van der Waals surface area contributed by atoms with Crippen LogP contribution in [-0.2, 0) is 13.5 Å². The molecule has 3 aromatic rings. The van der Waals surface area contributed by atoms with Crippen LogP contribution in [0.25, 0.3) is 22.8 Å². The molecular weight excluding hydrogens is 260 g/mol. The molecule has 0 aliphatic carbocycles. The number of benzene rings is 2. The van der Waals surface area contributed by atoms with E-state index in [4.69, 9.17) is 5.73 Å². The van der Waals surface area contributed by atoms with Crippen molar-refractivity contribution in [3.63, 3.8) is 0 Å². The van der Waals surface area contributed by atoms with Gasteiger partial charge in [0.15, 0.2) is 11.6 Å². The predicted molar refractivity (Wildman–Crippen MR) is 84.6 cm³/mol. The lowest BCUT2D eigenvalue weighted by Crippen LogP contribution is -2.02. The van der Waals surface area contributed by atoms with Crippen LogP contribution in [0.3, 0.4) is 0 Å². The van der Waals surface area contributed by atoms with Crippen molar-refractivity contribution in [1.29, 1.82) is 0 Å². The summed E-state index contributed by atoms with van der Waals surface area (Å²) in [6.45, 7) is 0.668. The molecule has 0 aliphatic rings. The van der Waals surface area contributed by atoms with E-state index in [-0.39, 0.29) is 0 Å². The third-order valence-electron chi connectivity index (χ3n) is 3.44. The van der Waals surface area contributed by atoms with Crippen molar-refractivity contribution in [3.8, 4) is 22.8 Å². The van der Waals surface area contributed by atoms with Gasteiger partial charge in [-0.05, 0) is 18.5 Å². The summed E-state index contributed by atoms with van der Waals surface area (Å²) in [7, 11) is 1.92. The molecule has 0 bridgehead atoms. The molecule has 0 aliphatic heterocycles. The molecule has 0 radical (unpaired) electrons. The van der Waals surface area contributed by atoms with Crippen molar-refractivity contribution in [2.24, 2.45) is 12.8 Å². The summed E-state index contributed by atoms with van der Waals surface area (Å²) in [4.78, 5) is 4.65. The van der Waals surface area contributed by atoms with Crippen LogP contribution in [0.4, 0.5) is 0 Å². The van der Waals surface area contributed by atoms with Crippen LogP contribution in [0.5, 0.6) is 0 Å². The molecular formula is C17H18N4. The van der Waals surface area contributed by atoms with E-state index < -0.39 is 0 Å². The highest BCUT2D eigenvalue weighted by Gasteiger charge is 2.10. The molecule has 0 atom stereocenters. The minimum Gasteiger partial charge on any atom is -0.330 e. The number of nitrogens with zero attached hydrogens (tertiary/aromatic N) is 3. The van der Waals surface area contributed by atoms with E-state index in [0.717, 1.165) is 29.2 Å². The molecule has 4 heteroatoms. The lowest BCUT2D eigenvalue weighted by atomic mass is 10.1. The summed E-state index contributed by atoms with van der Waals surface area (Å²) in [6.07, 6.45) is 0.897. The van der Waals surface area contributed by atoms with Gasteiger partial charge >= 0.3 is 0 Å². The topological polar surface area (TPSA) is 56.7 Å². The van der Waals surface area contributed by atoms with Gasteiger partial charge in [0.25, 0.3) is 0 Å². The van der Waals surface area contributed by atoms with Crippen LogP contribution in [0.1, 0.15) is 5.56 Å². The zero-order valence-electron chi connectivity index (χ0n) is 12.0. The van der Waals surface area contributed by atoms with Gasteiger partial charge < -0.3 is 5.73 Å². The van der Waals surface area contributed by atoms with Gasteiger partial charge in [0, 0.05) is 18.2 Å². The molecule has 4 nitrogen and oxygen atoms in total. The standard InChI is InChI=1S/C17H18N4/c1-21-17(15-9-7-13(8-10-15)11-12-18)19-16(20-21)14-5-3-2-4-6-14/h2-10H,11-12,18H2,1H3. The number of aryl methyl sites for hydroxylation is 1. The third kappa shape index (κ3) is 2.85. The first-order chi connectivity index (χ1) is 10.3. The molecule has 0 saturated carbocycles. The average molecular weight is 278 g/mol. The van der Waals surface area contributed by atoms with Crippen LogP contribution >= 0.6 is 0 Å². The fourth-order valence-electron chi connectivity index (χ4n) is 2.33. The Bertz CT molecular complexity index is 714. The van der Waals surface area contributed by atoms with Gasteiger partial charge in [-0.25, -0.2) is 9.67 Å². The van der Waals surface area contributed by atoms with Gasteiger partial charge in [-0.15, -0.1) is 0 Å². The Morgan fingerprint density at radius 2 is 1.67 bits per heavy atom. The van der Waals surface area contributed by atoms with Crippen LogP contribution in [0, 0.1) is 0 Å². The molecule has 0 fully saturated rings. The monoisotopic (exact) mass is 278 g/mol. The molecule has 2 N–H and O–H groups in total. The van der Waals surface area contributed by atoms with Gasteiger partial charge in [0.1, 0.15) is 0 Å². The van der Waals surface area contributed by atoms with Gasteiger partial charge in [-0.1, -0.05) is 54.6 Å². The molecule has 1 aromatic heterocycles. The second kappa shape index (κ2) is 5.89. The minimum atomic E-state index is 0.668. The van der Waals surface area contributed by atoms with E-state index in [9.17, 15) is 0 Å². The van der Waals surface area contributed by atoms with Crippen molar-refractivity contribution >= 4 is 0 Å². The maximum atomic E-state index is 5.58. The number of aromatic nitrogens is 3. The average Bonchev–Trinajstić information content (AvgIpc) is 2.91. The van der Waals surface area contributed by atoms with E-state index in [2.05, 4.69) is 34.3 Å². The highest BCUT2D eigenvalue weighted by Crippen LogP contribution is 2.22. The molecule has 3 rings (SSSR count). The Kier molecular flexibility index (Phi) is 3.79. The Balaban J connectivity index is 1.94. The Labute approximate surface area is 124 Å². The number of hydrogen-bond donors (Lipinski definition) is 1. The van der Waals surface area contributed by atoms with Gasteiger partial charge in [-0.3, -0.25) is 0 Å². The third-order valence-corrected chi connectivity index (χ3v) is 3.44. The molecule has 0 unspecified atom stereocenters. The van der Waals surface area contributed by atoms with Crippen molar-refractivity contribution in [2.45, 2.75) is 6.42 Å². The maximum Gasteiger partial charge on any atom is 0.181 e. The molecule has 21 heavy (non-hydrogen) atoms. The number of hydrogen-bond acceptors (Lipinski definition) is 3. The maximum absolute atomic E-state index is 5.58. The second-order valence-electron chi connectivity index (χ2n) is 4.98. The van der Waals surface area contributed by atoms with Gasteiger partial charge in [-0.2, -0.15) is 5.10 Å². The highest BCUT2D eigenvalue weighted by molar-refractivity contribution is 5.61. The van der Waals surface area contributed by atoms with E-state index in [0.29, 0.717) is 6.54 Å². The first kappa shape index (κ1) is 13.5. The predicted octanol–water partition coefficient (Wildman–Crippen LogP) is 2.65. The molecule has 0 saturated heterocycles. The summed E-state index contributed by atoms with van der Waals surface area (Å²) in [6, 6.07) is 18.3. The number of nitrogens with two attached hydrogens (primary N) is 1. The Morgan fingerprint density at radius 3 is 2.33 bits per heavy atom. The minimum absolute atomic E-state index is 0.668. The first-order valence-corrected chi connectivity index (χ1v) is 7.04. The summed E-state index contributed by atoms with van der Waals surface area (Å²) in [5, 5.41) is 4.50. The van der Waals surface area contributed by atoms with E-state index in [1.54, 1.807) is 0 Å². The van der Waals surface area contributed by atoms with E-state index in [1.165, 1.54) is 5.56 Å². The molecule has 0 amide bonds. The van der Waals surface area contributed by atoms with Crippen LogP contribution < -0.4 is 5.73 Å². The quantitative estimate of drug-likeness (QED) is 0.798. The lowest BCUT2D eigenvalue weighted by molar-refractivity contribution is 0.777. The largest absolute Gasteiger partial charge is 0.330 e. The zero-order chi connectivity index (χ0) is 14.7. The zero-order valence-corrected chi connectivity index (χ0v) is 12.0. The summed E-state index contributed by atoms with van der Waals surface area (Å²) >= 11 is 0. The molecule has 2 aromatic carbocycles. The lowest BCUT2D eigenvalue weighted by Gasteiger charge is -2.02. The normalized spacial score (nSPS) is 10.8. The second-order valence-corrected chi connectivity index (χ2v) is 4.98. The Morgan fingerprint density at radius 1 is 0.952 bits per heavy atom. The van der Waals surface area contributed by atoms with Crippen molar-refractivity contribution < 1.29 is 0 Å². The summed E-state index contributed by atoms with van der Waals surface area (Å²) in [5.74, 6) is 1.62. The van der Waals surface area contributed by atoms with Crippen molar-refractivity contribution in [1.82, 2.24) is 14.8 Å². The van der Waals surface area contributed by atoms with Gasteiger partial charge in [0.05, 0.1) is 0 Å². The van der Waals surface area contributed by atoms with E-state index in [1.807, 2.05) is 42.1 Å². The fraction of sp³-hybridized carbons (Fsp3) is 0.176. The molecule has 106 valence electrons. The molecule has 1 heterocycles. The smallest absolute Gasteiger partial charge is 0.181 e. The van der Waals surface area contributed by atoms with Crippen LogP contribution in [0.15, 0.2) is 54.6 Å². The summed E-state index contributed by atoms with van der Waals surface area (Å²) in [5.41, 5.74) is 8.91. The van der Waals surface area contributed by atoms with Crippen LogP contribution in [0.2, 0.25) is 0 Å².